The molecular weight excluding hydrogens is 226 g/mol. The highest BCUT2D eigenvalue weighted by atomic mass is 15.4. The number of piperazine rings is 1. The van der Waals surface area contributed by atoms with Crippen LogP contribution in [0.15, 0.2) is 22.4 Å². The molecule has 3 aliphatic rings. The molecule has 1 saturated heterocycles. The van der Waals surface area contributed by atoms with Crippen molar-refractivity contribution in [3.05, 3.63) is 12.4 Å². The predicted octanol–water partition coefficient (Wildman–Crippen LogP) is 0.610. The van der Waals surface area contributed by atoms with Crippen molar-refractivity contribution in [1.29, 1.82) is 0 Å². The van der Waals surface area contributed by atoms with E-state index in [2.05, 4.69) is 38.5 Å². The minimum atomic E-state index is 0.471. The molecule has 18 heavy (non-hydrogen) atoms. The lowest BCUT2D eigenvalue weighted by molar-refractivity contribution is 0.190. The lowest BCUT2D eigenvalue weighted by atomic mass is 10.2. The number of amidine groups is 2. The van der Waals surface area contributed by atoms with E-state index in [0.29, 0.717) is 6.04 Å². The Kier molecular flexibility index (Phi) is 3.07. The average molecular weight is 247 g/mol. The smallest absolute Gasteiger partial charge is 0.172 e. The van der Waals surface area contributed by atoms with E-state index in [0.717, 1.165) is 50.9 Å². The Labute approximate surface area is 108 Å². The number of hydrogen-bond donors (Lipinski definition) is 0. The maximum atomic E-state index is 4.64. The molecule has 1 fully saturated rings. The topological polar surface area (TPSA) is 34.4 Å². The first kappa shape index (κ1) is 11.7. The van der Waals surface area contributed by atoms with Crippen molar-refractivity contribution < 1.29 is 0 Å². The predicted molar refractivity (Wildman–Crippen MR) is 73.9 cm³/mol. The number of hydrogen-bond acceptors (Lipinski definition) is 5. The van der Waals surface area contributed by atoms with Gasteiger partial charge in [0.25, 0.3) is 0 Å². The quantitative estimate of drug-likeness (QED) is 0.681. The summed E-state index contributed by atoms with van der Waals surface area (Å²) in [6.45, 7) is 10.8. The zero-order valence-electron chi connectivity index (χ0n) is 11.2. The van der Waals surface area contributed by atoms with Gasteiger partial charge in [-0.2, -0.15) is 0 Å². The van der Waals surface area contributed by atoms with Gasteiger partial charge in [0, 0.05) is 38.6 Å². The highest BCUT2D eigenvalue weighted by Crippen LogP contribution is 2.18. The Balaban J connectivity index is 1.73. The third-order valence-electron chi connectivity index (χ3n) is 3.97. The molecule has 1 atom stereocenters. The van der Waals surface area contributed by atoms with E-state index in [1.165, 1.54) is 0 Å². The minimum Gasteiger partial charge on any atom is -0.351 e. The summed E-state index contributed by atoms with van der Waals surface area (Å²) in [4.78, 5) is 16.3. The van der Waals surface area contributed by atoms with Crippen LogP contribution in [0.4, 0.5) is 0 Å². The van der Waals surface area contributed by atoms with Gasteiger partial charge in [-0.1, -0.05) is 6.92 Å². The third kappa shape index (κ3) is 1.92. The molecule has 0 aliphatic carbocycles. The van der Waals surface area contributed by atoms with Crippen LogP contribution in [0.3, 0.4) is 0 Å². The molecule has 0 aromatic carbocycles. The van der Waals surface area contributed by atoms with E-state index in [9.17, 15) is 0 Å². The molecule has 0 aromatic rings. The highest BCUT2D eigenvalue weighted by molar-refractivity contribution is 6.41. The summed E-state index contributed by atoms with van der Waals surface area (Å²) in [7, 11) is 0. The van der Waals surface area contributed by atoms with Gasteiger partial charge >= 0.3 is 0 Å². The maximum absolute atomic E-state index is 4.64. The summed E-state index contributed by atoms with van der Waals surface area (Å²) in [5, 5.41) is 0. The van der Waals surface area contributed by atoms with Crippen LogP contribution >= 0.6 is 0 Å². The van der Waals surface area contributed by atoms with Crippen LogP contribution in [0, 0.1) is 0 Å². The summed E-state index contributed by atoms with van der Waals surface area (Å²) in [6, 6.07) is 0.471. The molecule has 0 N–H and O–H groups in total. The van der Waals surface area contributed by atoms with Crippen molar-refractivity contribution in [2.45, 2.75) is 19.9 Å². The fraction of sp³-hybridized carbons (Fsp3) is 0.692. The molecular formula is C13H21N5. The van der Waals surface area contributed by atoms with Gasteiger partial charge < -0.3 is 14.7 Å². The van der Waals surface area contributed by atoms with Gasteiger partial charge in [-0.3, -0.25) is 4.99 Å². The van der Waals surface area contributed by atoms with Gasteiger partial charge in [-0.25, -0.2) is 4.99 Å². The monoisotopic (exact) mass is 247 g/mol. The van der Waals surface area contributed by atoms with Crippen LogP contribution in [0.1, 0.15) is 13.8 Å². The summed E-state index contributed by atoms with van der Waals surface area (Å²) >= 11 is 0. The van der Waals surface area contributed by atoms with Crippen LogP contribution in [0.2, 0.25) is 0 Å². The summed E-state index contributed by atoms with van der Waals surface area (Å²) in [5.41, 5.74) is 0. The normalized spacial score (nSPS) is 28.2. The van der Waals surface area contributed by atoms with Crippen molar-refractivity contribution >= 4 is 11.7 Å². The fourth-order valence-corrected chi connectivity index (χ4v) is 2.73. The van der Waals surface area contributed by atoms with Crippen molar-refractivity contribution in [3.63, 3.8) is 0 Å². The summed E-state index contributed by atoms with van der Waals surface area (Å²) in [5.74, 6) is 2.13. The lowest BCUT2D eigenvalue weighted by Crippen LogP contribution is -2.53. The lowest BCUT2D eigenvalue weighted by Gasteiger charge is -2.37. The Morgan fingerprint density at radius 1 is 1.22 bits per heavy atom. The molecule has 3 aliphatic heterocycles. The molecule has 98 valence electrons. The number of aliphatic imine (C=N–C) groups is 2. The number of nitrogens with zero attached hydrogens (tertiary/aromatic N) is 5. The van der Waals surface area contributed by atoms with Crippen LogP contribution in [-0.2, 0) is 0 Å². The van der Waals surface area contributed by atoms with Crippen molar-refractivity contribution in [2.24, 2.45) is 9.98 Å². The molecule has 0 radical (unpaired) electrons. The van der Waals surface area contributed by atoms with E-state index < -0.39 is 0 Å². The first-order valence-electron chi connectivity index (χ1n) is 6.84. The molecule has 0 spiro atoms. The van der Waals surface area contributed by atoms with Crippen molar-refractivity contribution in [2.75, 3.05) is 39.3 Å². The number of rotatable bonds is 1. The van der Waals surface area contributed by atoms with Gasteiger partial charge in [0.2, 0.25) is 0 Å². The largest absolute Gasteiger partial charge is 0.351 e. The minimum absolute atomic E-state index is 0.471. The van der Waals surface area contributed by atoms with E-state index in [1.54, 1.807) is 0 Å². The molecule has 0 unspecified atom stereocenters. The van der Waals surface area contributed by atoms with E-state index in [-0.39, 0.29) is 0 Å². The molecule has 0 bridgehead atoms. The molecule has 3 rings (SSSR count). The summed E-state index contributed by atoms with van der Waals surface area (Å²) in [6.07, 6.45) is 3.95. The van der Waals surface area contributed by atoms with E-state index in [4.69, 9.17) is 0 Å². The molecule has 5 nitrogen and oxygen atoms in total. The zero-order chi connectivity index (χ0) is 12.5. The molecule has 0 saturated carbocycles. The van der Waals surface area contributed by atoms with Crippen LogP contribution < -0.4 is 0 Å². The maximum Gasteiger partial charge on any atom is 0.172 e. The van der Waals surface area contributed by atoms with Crippen LogP contribution in [0.25, 0.3) is 0 Å². The Hall–Kier alpha value is -1.36. The van der Waals surface area contributed by atoms with Gasteiger partial charge in [-0.15, -0.1) is 0 Å². The molecule has 0 amide bonds. The van der Waals surface area contributed by atoms with Gasteiger partial charge in [0.15, 0.2) is 11.7 Å². The van der Waals surface area contributed by atoms with Gasteiger partial charge in [0.05, 0.1) is 12.6 Å². The zero-order valence-corrected chi connectivity index (χ0v) is 11.2. The number of fused-ring (bicyclic) bond motifs is 1. The van der Waals surface area contributed by atoms with Crippen LogP contribution in [-0.4, -0.2) is 71.7 Å². The second kappa shape index (κ2) is 4.72. The Morgan fingerprint density at radius 3 is 2.72 bits per heavy atom. The standard InChI is InChI=1S/C13H21N5/c1-3-16-6-8-17(9-7-16)12-13-15-10-11(2)18(13)5-4-14-12/h4-5,11H,3,6-10H2,1-2H3/t11-/m0/s1. The number of likely N-dealkylation sites (N-methyl/N-ethyl adjacent to an activating group) is 1. The Bertz CT molecular complexity index is 404. The van der Waals surface area contributed by atoms with Gasteiger partial charge in [0.1, 0.15) is 0 Å². The van der Waals surface area contributed by atoms with Gasteiger partial charge in [-0.05, 0) is 13.5 Å². The van der Waals surface area contributed by atoms with Crippen LogP contribution in [0.5, 0.6) is 0 Å². The highest BCUT2D eigenvalue weighted by Gasteiger charge is 2.31. The fourth-order valence-electron chi connectivity index (χ4n) is 2.73. The SMILES string of the molecule is CCN1CCN(C2=NC=CN3C2=NC[C@@H]3C)CC1. The van der Waals surface area contributed by atoms with Crippen molar-refractivity contribution in [1.82, 2.24) is 14.7 Å². The average Bonchev–Trinajstić information content (AvgIpc) is 2.81. The third-order valence-corrected chi connectivity index (χ3v) is 3.97. The first-order chi connectivity index (χ1) is 8.79. The molecule has 0 aromatic heterocycles. The molecule has 5 heteroatoms. The second-order valence-electron chi connectivity index (χ2n) is 5.09. The second-order valence-corrected chi connectivity index (χ2v) is 5.09. The van der Waals surface area contributed by atoms with Crippen molar-refractivity contribution in [3.8, 4) is 0 Å². The van der Waals surface area contributed by atoms with E-state index >= 15 is 0 Å². The first-order valence-corrected chi connectivity index (χ1v) is 6.84. The molecule has 3 heterocycles. The summed E-state index contributed by atoms with van der Waals surface area (Å²) < 4.78 is 0. The van der Waals surface area contributed by atoms with E-state index in [1.807, 2.05) is 12.4 Å². The Morgan fingerprint density at radius 2 is 2.00 bits per heavy atom.